The Morgan fingerprint density at radius 3 is 2.34 bits per heavy atom. The molecule has 1 aliphatic rings. The Balaban J connectivity index is 1.51. The van der Waals surface area contributed by atoms with Gasteiger partial charge in [-0.25, -0.2) is 14.3 Å². The van der Waals surface area contributed by atoms with E-state index in [1.54, 1.807) is 31.2 Å². The van der Waals surface area contributed by atoms with Crippen molar-refractivity contribution in [2.45, 2.75) is 32.9 Å². The molecular weight excluding hydrogens is 514 g/mol. The van der Waals surface area contributed by atoms with E-state index in [1.165, 1.54) is 0 Å². The number of hydrogen-bond donors (Lipinski definition) is 1. The molecule has 3 aromatic carbocycles. The van der Waals surface area contributed by atoms with Gasteiger partial charge in [0.15, 0.2) is 0 Å². The van der Waals surface area contributed by atoms with Crippen LogP contribution in [0.3, 0.4) is 0 Å². The van der Waals surface area contributed by atoms with Crippen LogP contribution in [0.25, 0.3) is 11.5 Å². The summed E-state index contributed by atoms with van der Waals surface area (Å²) in [6.45, 7) is 4.40. The van der Waals surface area contributed by atoms with Gasteiger partial charge in [0.25, 0.3) is 0 Å². The van der Waals surface area contributed by atoms with Gasteiger partial charge in [0.05, 0.1) is 47.5 Å². The number of rotatable bonds is 6. The van der Waals surface area contributed by atoms with Crippen molar-refractivity contribution in [3.8, 4) is 11.5 Å². The highest BCUT2D eigenvalue weighted by molar-refractivity contribution is 6.01. The molecule has 0 bridgehead atoms. The van der Waals surface area contributed by atoms with E-state index in [4.69, 9.17) is 9.84 Å². The first-order chi connectivity index (χ1) is 20.1. The lowest BCUT2D eigenvalue weighted by Crippen LogP contribution is -2.38. The number of amides is 2. The Hall–Kier alpha value is -5.11. The van der Waals surface area contributed by atoms with Crippen LogP contribution >= 0.6 is 0 Å². The fourth-order valence-electron chi connectivity index (χ4n) is 5.50. The highest BCUT2D eigenvalue weighted by atomic mass is 16.5. The number of esters is 1. The van der Waals surface area contributed by atoms with Gasteiger partial charge >= 0.3 is 12.0 Å². The lowest BCUT2D eigenvalue weighted by atomic mass is 10.0. The molecule has 0 aliphatic carbocycles. The van der Waals surface area contributed by atoms with Crippen molar-refractivity contribution < 1.29 is 14.3 Å². The first-order valence-corrected chi connectivity index (χ1v) is 13.8. The largest absolute Gasteiger partial charge is 0.462 e. The third-order valence-electron chi connectivity index (χ3n) is 7.34. The van der Waals surface area contributed by atoms with Gasteiger partial charge in [-0.3, -0.25) is 0 Å². The van der Waals surface area contributed by atoms with E-state index in [-0.39, 0.29) is 12.6 Å². The zero-order chi connectivity index (χ0) is 28.3. The number of para-hydroxylation sites is 2. The van der Waals surface area contributed by atoms with Crippen LogP contribution in [-0.2, 0) is 17.7 Å². The maximum Gasteiger partial charge on any atom is 0.340 e. The highest BCUT2D eigenvalue weighted by Crippen LogP contribution is 2.39. The van der Waals surface area contributed by atoms with E-state index in [1.807, 2.05) is 88.6 Å². The van der Waals surface area contributed by atoms with E-state index in [0.717, 1.165) is 34.0 Å². The van der Waals surface area contributed by atoms with Crippen molar-refractivity contribution >= 4 is 17.7 Å². The molecule has 0 saturated carbocycles. The second-order valence-electron chi connectivity index (χ2n) is 9.79. The summed E-state index contributed by atoms with van der Waals surface area (Å²) in [5, 5.41) is 8.04. The Morgan fingerprint density at radius 2 is 1.61 bits per heavy atom. The summed E-state index contributed by atoms with van der Waals surface area (Å²) in [7, 11) is 0. The molecule has 5 aromatic rings. The van der Waals surface area contributed by atoms with Gasteiger partial charge in [0.2, 0.25) is 0 Å². The quantitative estimate of drug-likeness (QED) is 0.246. The van der Waals surface area contributed by atoms with Crippen LogP contribution < -0.4 is 5.32 Å². The second-order valence-corrected chi connectivity index (χ2v) is 9.79. The Morgan fingerprint density at radius 1 is 0.902 bits per heavy atom. The summed E-state index contributed by atoms with van der Waals surface area (Å²) in [5.74, 6) is 0.434. The molecular formula is C33H31N5O3. The Bertz CT molecular complexity index is 1690. The molecule has 8 heteroatoms. The highest BCUT2D eigenvalue weighted by Gasteiger charge is 2.36. The van der Waals surface area contributed by atoms with Gasteiger partial charge < -0.3 is 19.5 Å². The molecule has 1 aliphatic heterocycles. The number of aryl methyl sites for hydroxylation is 1. The first kappa shape index (κ1) is 26.1. The van der Waals surface area contributed by atoms with Crippen LogP contribution in [0, 0.1) is 0 Å². The number of nitrogens with one attached hydrogen (secondary N) is 1. The lowest BCUT2D eigenvalue weighted by Gasteiger charge is -2.31. The fraction of sp³-hybridized carbons (Fsp3) is 0.182. The first-order valence-electron chi connectivity index (χ1n) is 13.8. The molecule has 0 unspecified atom stereocenters. The lowest BCUT2D eigenvalue weighted by molar-refractivity contribution is 0.0527. The fourth-order valence-corrected chi connectivity index (χ4v) is 5.50. The number of aromatic nitrogens is 3. The minimum Gasteiger partial charge on any atom is -0.462 e. The van der Waals surface area contributed by atoms with Crippen molar-refractivity contribution in [2.75, 3.05) is 11.9 Å². The summed E-state index contributed by atoms with van der Waals surface area (Å²) in [6.07, 6.45) is 2.73. The van der Waals surface area contributed by atoms with Gasteiger partial charge in [-0.2, -0.15) is 5.10 Å². The predicted octanol–water partition coefficient (Wildman–Crippen LogP) is 6.54. The Labute approximate surface area is 238 Å². The van der Waals surface area contributed by atoms with Crippen LogP contribution in [0.4, 0.5) is 10.5 Å². The number of ether oxygens (including phenoxy) is 1. The molecule has 1 N–H and O–H groups in total. The smallest absolute Gasteiger partial charge is 0.340 e. The molecule has 1 atom stereocenters. The molecule has 8 nitrogen and oxygen atoms in total. The Kier molecular flexibility index (Phi) is 7.12. The third kappa shape index (κ3) is 4.78. The molecule has 2 aromatic heterocycles. The summed E-state index contributed by atoms with van der Waals surface area (Å²) in [4.78, 5) is 28.8. The topological polar surface area (TPSA) is 81.4 Å². The van der Waals surface area contributed by atoms with E-state index >= 15 is 0 Å². The maximum absolute atomic E-state index is 14.3. The molecule has 206 valence electrons. The molecule has 0 saturated heterocycles. The van der Waals surface area contributed by atoms with Gasteiger partial charge in [0.1, 0.15) is 5.82 Å². The minimum atomic E-state index is -0.479. The summed E-state index contributed by atoms with van der Waals surface area (Å²) >= 11 is 0. The zero-order valence-electron chi connectivity index (χ0n) is 23.0. The number of anilines is 1. The number of hydrogen-bond acceptors (Lipinski definition) is 4. The molecule has 6 rings (SSSR count). The zero-order valence-corrected chi connectivity index (χ0v) is 23.0. The van der Waals surface area contributed by atoms with Gasteiger partial charge in [-0.15, -0.1) is 0 Å². The predicted molar refractivity (Wildman–Crippen MR) is 158 cm³/mol. The molecule has 2 amide bonds. The van der Waals surface area contributed by atoms with E-state index in [2.05, 4.69) is 16.8 Å². The maximum atomic E-state index is 14.3. The summed E-state index contributed by atoms with van der Waals surface area (Å²) < 4.78 is 9.36. The third-order valence-corrected chi connectivity index (χ3v) is 7.34. The van der Waals surface area contributed by atoms with Crippen molar-refractivity contribution in [2.24, 2.45) is 0 Å². The molecule has 0 spiro atoms. The number of carbonyl (C=O) groups is 2. The second kappa shape index (κ2) is 11.2. The van der Waals surface area contributed by atoms with Crippen molar-refractivity contribution in [3.63, 3.8) is 0 Å². The number of fused-ring (bicyclic) bond motifs is 3. The molecule has 3 heterocycles. The van der Waals surface area contributed by atoms with Crippen LogP contribution in [0.2, 0.25) is 0 Å². The standard InChI is InChI=1S/C33H31N5O3/c1-3-27-26-22-37(33(40)34-28-19-12-11-18-25(28)32(39)41-4-2)30(23-14-7-5-8-15-23)29-20-13-21-36(29)31(26)38(35-27)24-16-9-6-10-17-24/h5-21,30H,3-4,22H2,1-2H3,(H,34,40)/t30-/m0/s1. The van der Waals surface area contributed by atoms with Gasteiger partial charge in [-0.05, 0) is 55.3 Å². The number of urea groups is 1. The summed E-state index contributed by atoms with van der Waals surface area (Å²) in [6, 6.07) is 30.3. The monoisotopic (exact) mass is 545 g/mol. The average molecular weight is 546 g/mol. The van der Waals surface area contributed by atoms with Crippen LogP contribution in [0.15, 0.2) is 103 Å². The van der Waals surface area contributed by atoms with E-state index in [9.17, 15) is 9.59 Å². The number of nitrogens with zero attached hydrogens (tertiary/aromatic N) is 4. The van der Waals surface area contributed by atoms with E-state index in [0.29, 0.717) is 24.2 Å². The molecule has 0 radical (unpaired) electrons. The van der Waals surface area contributed by atoms with Crippen molar-refractivity contribution in [1.29, 1.82) is 0 Å². The van der Waals surface area contributed by atoms with Crippen molar-refractivity contribution in [1.82, 2.24) is 19.2 Å². The van der Waals surface area contributed by atoms with Gasteiger partial charge in [-0.1, -0.05) is 67.6 Å². The SMILES string of the molecule is CCOC(=O)c1ccccc1NC(=O)N1Cc2c(CC)nn(-c3ccccc3)c2-n2cccc2[C@@H]1c1ccccc1. The average Bonchev–Trinajstić information content (AvgIpc) is 3.59. The molecule has 41 heavy (non-hydrogen) atoms. The number of benzene rings is 3. The van der Waals surface area contributed by atoms with E-state index < -0.39 is 12.0 Å². The molecule has 0 fully saturated rings. The van der Waals surface area contributed by atoms with Gasteiger partial charge in [0, 0.05) is 11.8 Å². The number of carbonyl (C=O) groups excluding carboxylic acids is 2. The van der Waals surface area contributed by atoms with Crippen LogP contribution in [0.1, 0.15) is 52.8 Å². The van der Waals surface area contributed by atoms with Crippen LogP contribution in [-0.4, -0.2) is 37.9 Å². The summed E-state index contributed by atoms with van der Waals surface area (Å²) in [5.41, 5.74) is 5.46. The minimum absolute atomic E-state index is 0.244. The normalized spacial score (nSPS) is 14.1. The van der Waals surface area contributed by atoms with Crippen molar-refractivity contribution in [3.05, 3.63) is 131 Å². The van der Waals surface area contributed by atoms with Crippen LogP contribution in [0.5, 0.6) is 0 Å².